The van der Waals surface area contributed by atoms with E-state index in [4.69, 9.17) is 5.73 Å². The lowest BCUT2D eigenvalue weighted by molar-refractivity contribution is 0.721. The first-order valence-electron chi connectivity index (χ1n) is 6.90. The van der Waals surface area contributed by atoms with E-state index in [0.29, 0.717) is 0 Å². The second-order valence-electron chi connectivity index (χ2n) is 5.31. The Morgan fingerprint density at radius 2 is 1.85 bits per heavy atom. The lowest BCUT2D eigenvalue weighted by Crippen LogP contribution is -2.14. The summed E-state index contributed by atoms with van der Waals surface area (Å²) >= 11 is 0. The number of nitrogens with zero attached hydrogens (tertiary/aromatic N) is 2. The molecule has 0 bridgehead atoms. The maximum atomic E-state index is 6.42. The van der Waals surface area contributed by atoms with E-state index in [9.17, 15) is 0 Å². The summed E-state index contributed by atoms with van der Waals surface area (Å²) in [4.78, 5) is 0. The van der Waals surface area contributed by atoms with E-state index in [1.807, 2.05) is 29.0 Å². The smallest absolute Gasteiger partial charge is 0.0709 e. The first-order chi connectivity index (χ1) is 9.66. The van der Waals surface area contributed by atoms with Crippen molar-refractivity contribution in [2.75, 3.05) is 0 Å². The van der Waals surface area contributed by atoms with E-state index in [1.165, 1.54) is 16.7 Å². The molecule has 0 aliphatic rings. The molecule has 3 rings (SSSR count). The fourth-order valence-corrected chi connectivity index (χ4v) is 2.74. The molecule has 0 saturated heterocycles. The van der Waals surface area contributed by atoms with Crippen LogP contribution in [0.25, 0.3) is 5.52 Å². The Morgan fingerprint density at radius 1 is 1.10 bits per heavy atom. The Kier molecular flexibility index (Phi) is 3.28. The molecule has 3 nitrogen and oxygen atoms in total. The average molecular weight is 265 g/mol. The molecule has 20 heavy (non-hydrogen) atoms. The molecular weight excluding hydrogens is 246 g/mol. The lowest BCUT2D eigenvalue weighted by Gasteiger charge is -2.15. The molecule has 1 aromatic carbocycles. The summed E-state index contributed by atoms with van der Waals surface area (Å²) in [5, 5.41) is 4.36. The number of benzene rings is 1. The molecule has 1 unspecified atom stereocenters. The third-order valence-electron chi connectivity index (χ3n) is 3.92. The van der Waals surface area contributed by atoms with Gasteiger partial charge in [0.05, 0.1) is 11.7 Å². The topological polar surface area (TPSA) is 43.3 Å². The third-order valence-corrected chi connectivity index (χ3v) is 3.92. The molecule has 0 saturated carbocycles. The molecule has 102 valence electrons. The summed E-state index contributed by atoms with van der Waals surface area (Å²) in [6.45, 7) is 4.29. The van der Waals surface area contributed by atoms with Crippen molar-refractivity contribution in [2.45, 2.75) is 26.3 Å². The summed E-state index contributed by atoms with van der Waals surface area (Å²) < 4.78 is 1.87. The van der Waals surface area contributed by atoms with Crippen LogP contribution >= 0.6 is 0 Å². The molecular formula is C17H19N3. The Hall–Kier alpha value is -2.13. The Bertz CT molecular complexity index is 723. The van der Waals surface area contributed by atoms with Crippen LogP contribution in [0.1, 0.15) is 28.3 Å². The molecule has 3 heteroatoms. The maximum Gasteiger partial charge on any atom is 0.0709 e. The molecule has 0 radical (unpaired) electrons. The van der Waals surface area contributed by atoms with E-state index in [-0.39, 0.29) is 6.04 Å². The summed E-state index contributed by atoms with van der Waals surface area (Å²) in [6, 6.07) is 12.4. The van der Waals surface area contributed by atoms with Gasteiger partial charge in [-0.2, -0.15) is 5.10 Å². The largest absolute Gasteiger partial charge is 0.324 e. The predicted molar refractivity (Wildman–Crippen MR) is 81.7 cm³/mol. The van der Waals surface area contributed by atoms with Crippen molar-refractivity contribution in [3.05, 3.63) is 71.0 Å². The Morgan fingerprint density at radius 3 is 2.60 bits per heavy atom. The van der Waals surface area contributed by atoms with Gasteiger partial charge in [0.15, 0.2) is 0 Å². The number of aryl methyl sites for hydroxylation is 2. The van der Waals surface area contributed by atoms with E-state index < -0.39 is 0 Å². The van der Waals surface area contributed by atoms with Gasteiger partial charge < -0.3 is 5.73 Å². The molecule has 0 fully saturated rings. The van der Waals surface area contributed by atoms with Crippen molar-refractivity contribution >= 4 is 5.52 Å². The molecule has 0 aliphatic carbocycles. The summed E-state index contributed by atoms with van der Waals surface area (Å²) in [5.74, 6) is 0. The van der Waals surface area contributed by atoms with Crippen LogP contribution < -0.4 is 5.73 Å². The number of rotatable bonds is 3. The van der Waals surface area contributed by atoms with Crippen LogP contribution in [0.2, 0.25) is 0 Å². The first kappa shape index (κ1) is 12.9. The van der Waals surface area contributed by atoms with Gasteiger partial charge in [0.25, 0.3) is 0 Å². The zero-order chi connectivity index (χ0) is 14.1. The molecule has 0 amide bonds. The third kappa shape index (κ3) is 2.21. The van der Waals surface area contributed by atoms with Crippen LogP contribution in [0.5, 0.6) is 0 Å². The van der Waals surface area contributed by atoms with E-state index in [1.54, 1.807) is 0 Å². The monoisotopic (exact) mass is 265 g/mol. The second kappa shape index (κ2) is 5.10. The zero-order valence-corrected chi connectivity index (χ0v) is 11.9. The van der Waals surface area contributed by atoms with Gasteiger partial charge in [0.2, 0.25) is 0 Å². The van der Waals surface area contributed by atoms with Crippen molar-refractivity contribution in [1.29, 1.82) is 0 Å². The van der Waals surface area contributed by atoms with Gasteiger partial charge >= 0.3 is 0 Å². The molecule has 2 N–H and O–H groups in total. The van der Waals surface area contributed by atoms with Gasteiger partial charge in [-0.3, -0.25) is 0 Å². The second-order valence-corrected chi connectivity index (χ2v) is 5.31. The van der Waals surface area contributed by atoms with Gasteiger partial charge in [-0.05, 0) is 49.1 Å². The highest BCUT2D eigenvalue weighted by Crippen LogP contribution is 2.24. The van der Waals surface area contributed by atoms with Crippen LogP contribution in [0.4, 0.5) is 0 Å². The van der Waals surface area contributed by atoms with Gasteiger partial charge in [0, 0.05) is 17.8 Å². The highest BCUT2D eigenvalue weighted by atomic mass is 15.2. The quantitative estimate of drug-likeness (QED) is 0.790. The Labute approximate surface area is 119 Å². The van der Waals surface area contributed by atoms with Gasteiger partial charge in [-0.15, -0.1) is 0 Å². The van der Waals surface area contributed by atoms with Crippen LogP contribution in [-0.2, 0) is 6.42 Å². The van der Waals surface area contributed by atoms with Gasteiger partial charge in [0.1, 0.15) is 0 Å². The van der Waals surface area contributed by atoms with Crippen LogP contribution in [-0.4, -0.2) is 9.61 Å². The molecule has 0 spiro atoms. The van der Waals surface area contributed by atoms with Crippen molar-refractivity contribution in [1.82, 2.24) is 9.61 Å². The predicted octanol–water partition coefficient (Wildman–Crippen LogP) is 3.19. The number of hydrogen-bond acceptors (Lipinski definition) is 2. The Balaban J connectivity index is 1.95. The number of fused-ring (bicyclic) bond motifs is 1. The number of aromatic nitrogens is 2. The van der Waals surface area contributed by atoms with Crippen molar-refractivity contribution in [3.8, 4) is 0 Å². The highest BCUT2D eigenvalue weighted by Gasteiger charge is 2.14. The van der Waals surface area contributed by atoms with Gasteiger partial charge in [-0.1, -0.05) is 24.3 Å². The normalized spacial score (nSPS) is 12.8. The zero-order valence-electron chi connectivity index (χ0n) is 11.9. The lowest BCUT2D eigenvalue weighted by atomic mass is 9.94. The number of pyridine rings is 1. The molecule has 2 aromatic heterocycles. The fourth-order valence-electron chi connectivity index (χ4n) is 2.74. The first-order valence-corrected chi connectivity index (χ1v) is 6.90. The van der Waals surface area contributed by atoms with Crippen molar-refractivity contribution < 1.29 is 0 Å². The fraction of sp³-hybridized carbons (Fsp3) is 0.235. The van der Waals surface area contributed by atoms with Crippen molar-refractivity contribution in [3.63, 3.8) is 0 Å². The minimum Gasteiger partial charge on any atom is -0.324 e. The molecule has 1 atom stereocenters. The maximum absolute atomic E-state index is 6.42. The summed E-state index contributed by atoms with van der Waals surface area (Å²) in [5.41, 5.74) is 12.6. The molecule has 2 heterocycles. The minimum atomic E-state index is -0.0327. The van der Waals surface area contributed by atoms with Gasteiger partial charge in [-0.25, -0.2) is 4.52 Å². The van der Waals surface area contributed by atoms with Crippen LogP contribution in [0.15, 0.2) is 48.8 Å². The standard InChI is InChI=1S/C17H19N3/c1-12-6-5-7-13(2)14(12)10-16(18)15-11-19-20-9-4-3-8-17(15)20/h3-9,11,16H,10,18H2,1-2H3. The molecule has 0 aliphatic heterocycles. The van der Waals surface area contributed by atoms with E-state index >= 15 is 0 Å². The van der Waals surface area contributed by atoms with Crippen molar-refractivity contribution in [2.24, 2.45) is 5.73 Å². The summed E-state index contributed by atoms with van der Waals surface area (Å²) in [7, 11) is 0. The number of hydrogen-bond donors (Lipinski definition) is 1. The highest BCUT2D eigenvalue weighted by molar-refractivity contribution is 5.55. The van der Waals surface area contributed by atoms with E-state index in [2.05, 4.69) is 43.2 Å². The van der Waals surface area contributed by atoms with Crippen LogP contribution in [0.3, 0.4) is 0 Å². The SMILES string of the molecule is Cc1cccc(C)c1CC(N)c1cnn2ccccc12. The molecule has 3 aromatic rings. The van der Waals surface area contributed by atoms with Crippen LogP contribution in [0, 0.1) is 13.8 Å². The average Bonchev–Trinajstić information content (AvgIpc) is 2.87. The number of nitrogens with two attached hydrogens (primary N) is 1. The summed E-state index contributed by atoms with van der Waals surface area (Å²) in [6.07, 6.45) is 4.67. The minimum absolute atomic E-state index is 0.0327. The van der Waals surface area contributed by atoms with E-state index in [0.717, 1.165) is 17.5 Å².